The third-order valence-corrected chi connectivity index (χ3v) is 4.84. The van der Waals surface area contributed by atoms with Crippen LogP contribution in [0.1, 0.15) is 36.9 Å². The Morgan fingerprint density at radius 2 is 1.96 bits per heavy atom. The van der Waals surface area contributed by atoms with Gasteiger partial charge < -0.3 is 14.8 Å². The van der Waals surface area contributed by atoms with Crippen molar-refractivity contribution in [3.05, 3.63) is 65.7 Å². The fraction of sp³-hybridized carbons (Fsp3) is 0.318. The number of hydrogen-bond acceptors (Lipinski definition) is 4. The van der Waals surface area contributed by atoms with Gasteiger partial charge >= 0.3 is 0 Å². The minimum atomic E-state index is -0.557. The van der Waals surface area contributed by atoms with Crippen LogP contribution in [0.15, 0.2) is 47.9 Å². The van der Waals surface area contributed by atoms with E-state index in [1.807, 2.05) is 12.9 Å². The Balaban J connectivity index is 0.00000190. The van der Waals surface area contributed by atoms with Gasteiger partial charge in [-0.2, -0.15) is 0 Å². The van der Waals surface area contributed by atoms with Crippen molar-refractivity contribution < 1.29 is 18.3 Å². The Kier molecular flexibility index (Phi) is 11.1. The van der Waals surface area contributed by atoms with Crippen molar-refractivity contribution in [1.29, 1.82) is 0 Å². The van der Waals surface area contributed by atoms with Crippen molar-refractivity contribution >= 4 is 24.6 Å². The van der Waals surface area contributed by atoms with Crippen LogP contribution in [-0.4, -0.2) is 26.2 Å². The number of carbonyl (C=O) groups is 1. The molecule has 2 rings (SSSR count). The van der Waals surface area contributed by atoms with Gasteiger partial charge in [-0.05, 0) is 48.1 Å². The number of benzene rings is 2. The predicted molar refractivity (Wildman–Crippen MR) is 113 cm³/mol. The van der Waals surface area contributed by atoms with Crippen LogP contribution in [0.3, 0.4) is 0 Å². The van der Waals surface area contributed by atoms with E-state index < -0.39 is 11.6 Å². The highest BCUT2D eigenvalue weighted by Crippen LogP contribution is 2.28. The number of carbonyl (C=O) groups excluding carboxylic acids is 1. The molecule has 0 saturated heterocycles. The smallest absolute Gasteiger partial charge is 0.165 e. The zero-order valence-electron chi connectivity index (χ0n) is 16.3. The average molecular weight is 408 g/mol. The number of rotatable bonds is 10. The molecule has 0 heterocycles. The minimum absolute atomic E-state index is 0.0602. The number of hydrogen-bond donors (Lipinski definition) is 1. The van der Waals surface area contributed by atoms with Crippen LogP contribution in [0.5, 0.6) is 5.75 Å². The lowest BCUT2D eigenvalue weighted by Crippen LogP contribution is -2.27. The van der Waals surface area contributed by atoms with Crippen LogP contribution in [0.4, 0.5) is 8.78 Å². The summed E-state index contributed by atoms with van der Waals surface area (Å²) in [5, 5.41) is 3.47. The summed E-state index contributed by atoms with van der Waals surface area (Å²) < 4.78 is 32.2. The van der Waals surface area contributed by atoms with Gasteiger partial charge in [0, 0.05) is 23.5 Å². The molecule has 1 N–H and O–H groups in total. The first-order valence-electron chi connectivity index (χ1n) is 8.99. The molecular formula is C22H27F2NO2S. The third kappa shape index (κ3) is 7.09. The van der Waals surface area contributed by atoms with E-state index in [2.05, 4.69) is 43.3 Å². The highest BCUT2D eigenvalue weighted by atomic mass is 32.2. The minimum Gasteiger partial charge on any atom is -0.489 e. The van der Waals surface area contributed by atoms with Crippen molar-refractivity contribution in [2.75, 3.05) is 19.4 Å². The average Bonchev–Trinajstić information content (AvgIpc) is 2.73. The van der Waals surface area contributed by atoms with Crippen LogP contribution in [0, 0.1) is 11.6 Å². The van der Waals surface area contributed by atoms with Crippen molar-refractivity contribution in [1.82, 2.24) is 5.32 Å². The molecule has 0 aromatic heterocycles. The van der Waals surface area contributed by atoms with E-state index in [-0.39, 0.29) is 18.4 Å². The molecule has 0 bridgehead atoms. The molecule has 0 saturated carbocycles. The highest BCUT2D eigenvalue weighted by molar-refractivity contribution is 7.98. The van der Waals surface area contributed by atoms with E-state index in [4.69, 9.17) is 9.53 Å². The van der Waals surface area contributed by atoms with E-state index >= 15 is 0 Å². The topological polar surface area (TPSA) is 38.3 Å². The molecule has 1 atom stereocenters. The maximum Gasteiger partial charge on any atom is 0.165 e. The van der Waals surface area contributed by atoms with E-state index in [0.29, 0.717) is 6.54 Å². The molecule has 1 unspecified atom stereocenters. The van der Waals surface area contributed by atoms with Crippen molar-refractivity contribution in [2.24, 2.45) is 0 Å². The number of ether oxygens (including phenoxy) is 1. The first-order chi connectivity index (χ1) is 13.6. The maximum atomic E-state index is 13.6. The Morgan fingerprint density at radius 1 is 1.21 bits per heavy atom. The molecule has 0 radical (unpaired) electrons. The van der Waals surface area contributed by atoms with E-state index in [0.717, 1.165) is 36.6 Å². The lowest BCUT2D eigenvalue weighted by Gasteiger charge is -2.21. The first kappa shape index (κ1) is 23.9. The second-order valence-electron chi connectivity index (χ2n) is 5.92. The molecule has 6 heteroatoms. The summed E-state index contributed by atoms with van der Waals surface area (Å²) in [6.07, 6.45) is 5.91. The fourth-order valence-electron chi connectivity index (χ4n) is 2.81. The zero-order valence-corrected chi connectivity index (χ0v) is 17.2. The molecule has 3 nitrogen and oxygen atoms in total. The van der Waals surface area contributed by atoms with Crippen molar-refractivity contribution in [3.63, 3.8) is 0 Å². The van der Waals surface area contributed by atoms with E-state index in [9.17, 15) is 8.78 Å². The Hall–Kier alpha value is -2.18. The molecule has 0 aliphatic heterocycles. The molecule has 0 fully saturated rings. The van der Waals surface area contributed by atoms with Crippen LogP contribution >= 0.6 is 11.8 Å². The largest absolute Gasteiger partial charge is 0.489 e. The fourth-order valence-corrected chi connectivity index (χ4v) is 3.25. The normalized spacial score (nSPS) is 11.3. The van der Waals surface area contributed by atoms with E-state index in [1.54, 1.807) is 11.8 Å². The molecular weight excluding hydrogens is 380 g/mol. The van der Waals surface area contributed by atoms with Gasteiger partial charge in [0.25, 0.3) is 0 Å². The van der Waals surface area contributed by atoms with Gasteiger partial charge in [-0.1, -0.05) is 32.1 Å². The van der Waals surface area contributed by atoms with Gasteiger partial charge in [0.05, 0.1) is 0 Å². The lowest BCUT2D eigenvalue weighted by atomic mass is 9.97. The SMILES string of the molecule is C=Cc1ccc(SC)cc1C(CCC)NCCOc1cc(F)ccc1F.C=O. The van der Waals surface area contributed by atoms with Crippen LogP contribution in [-0.2, 0) is 4.79 Å². The second-order valence-corrected chi connectivity index (χ2v) is 6.80. The zero-order chi connectivity index (χ0) is 20.9. The summed E-state index contributed by atoms with van der Waals surface area (Å²) in [7, 11) is 0. The van der Waals surface area contributed by atoms with Crippen molar-refractivity contribution in [2.45, 2.75) is 30.7 Å². The first-order valence-corrected chi connectivity index (χ1v) is 10.2. The van der Waals surface area contributed by atoms with Gasteiger partial charge in [0.2, 0.25) is 0 Å². The molecule has 2 aromatic carbocycles. The standard InChI is InChI=1S/C21H25F2NOS.CH2O/c1-4-6-20(18-14-17(26-3)9-7-15(18)5-2)24-11-12-25-21-13-16(22)8-10-19(21)23;1-2/h5,7-10,13-14,20,24H,2,4,6,11-12H2,1,3H3;1H2. The summed E-state index contributed by atoms with van der Waals surface area (Å²) in [5.41, 5.74) is 2.30. The molecule has 0 spiro atoms. The van der Waals surface area contributed by atoms with E-state index in [1.165, 1.54) is 10.5 Å². The van der Waals surface area contributed by atoms with Gasteiger partial charge in [-0.3, -0.25) is 0 Å². The van der Waals surface area contributed by atoms with Crippen molar-refractivity contribution in [3.8, 4) is 5.75 Å². The quantitative estimate of drug-likeness (QED) is 0.408. The predicted octanol–water partition coefficient (Wildman–Crippen LogP) is 5.65. The second kappa shape index (κ2) is 13.1. The third-order valence-electron chi connectivity index (χ3n) is 4.11. The molecule has 0 aliphatic carbocycles. The molecule has 28 heavy (non-hydrogen) atoms. The highest BCUT2D eigenvalue weighted by Gasteiger charge is 2.14. The van der Waals surface area contributed by atoms with Crippen LogP contribution in [0.2, 0.25) is 0 Å². The number of nitrogens with one attached hydrogen (secondary N) is 1. The maximum absolute atomic E-state index is 13.6. The van der Waals surface area contributed by atoms with Gasteiger partial charge in [-0.15, -0.1) is 11.8 Å². The molecule has 0 amide bonds. The monoisotopic (exact) mass is 407 g/mol. The Bertz CT molecular complexity index is 755. The summed E-state index contributed by atoms with van der Waals surface area (Å²) in [5.74, 6) is -1.13. The Morgan fingerprint density at radius 3 is 2.61 bits per heavy atom. The lowest BCUT2D eigenvalue weighted by molar-refractivity contribution is -0.0979. The number of thioether (sulfide) groups is 1. The summed E-state index contributed by atoms with van der Waals surface area (Å²) in [4.78, 5) is 9.20. The summed E-state index contributed by atoms with van der Waals surface area (Å²) >= 11 is 1.70. The Labute approximate surface area is 170 Å². The molecule has 0 aliphatic rings. The van der Waals surface area contributed by atoms with Gasteiger partial charge in [0.15, 0.2) is 11.6 Å². The van der Waals surface area contributed by atoms with Crippen LogP contribution in [0.25, 0.3) is 6.08 Å². The summed E-state index contributed by atoms with van der Waals surface area (Å²) in [6, 6.07) is 9.72. The van der Waals surface area contributed by atoms with Crippen LogP contribution < -0.4 is 10.1 Å². The molecule has 2 aromatic rings. The summed E-state index contributed by atoms with van der Waals surface area (Å²) in [6.45, 7) is 8.83. The number of halogens is 2. The van der Waals surface area contributed by atoms with Gasteiger partial charge in [-0.25, -0.2) is 8.78 Å². The van der Waals surface area contributed by atoms with Gasteiger partial charge in [0.1, 0.15) is 19.2 Å². The molecule has 152 valence electrons.